The van der Waals surface area contributed by atoms with Crippen molar-refractivity contribution >= 4 is 18.0 Å². The average molecular weight is 639 g/mol. The molecule has 12 heteroatoms. The van der Waals surface area contributed by atoms with E-state index in [4.69, 9.17) is 24.2 Å². The van der Waals surface area contributed by atoms with Gasteiger partial charge < -0.3 is 19.1 Å². The maximum Gasteiger partial charge on any atom is 0.416 e. The Labute approximate surface area is 265 Å². The van der Waals surface area contributed by atoms with Gasteiger partial charge in [-0.25, -0.2) is 14.8 Å². The number of cyclic esters (lactones) is 1. The summed E-state index contributed by atoms with van der Waals surface area (Å²) in [7, 11) is 2.98. The third-order valence-electron chi connectivity index (χ3n) is 9.40. The molecule has 0 unspecified atom stereocenters. The Balaban J connectivity index is 1.37. The number of benzene rings is 2. The van der Waals surface area contributed by atoms with Crippen LogP contribution >= 0.6 is 0 Å². The number of carbonyl (C=O) groups excluding carboxylic acids is 2. The van der Waals surface area contributed by atoms with E-state index in [1.54, 1.807) is 27.0 Å². The lowest BCUT2D eigenvalue weighted by atomic mass is 9.71. The van der Waals surface area contributed by atoms with E-state index < -0.39 is 30.0 Å². The summed E-state index contributed by atoms with van der Waals surface area (Å²) in [5.74, 6) is 0.995. The number of amides is 1. The Hall–Kier alpha value is -4.35. The first-order chi connectivity index (χ1) is 21.9. The van der Waals surface area contributed by atoms with Crippen LogP contribution < -0.4 is 9.64 Å². The molecular weight excluding hydrogens is 601 g/mol. The number of rotatable bonds is 8. The molecule has 3 aromatic rings. The van der Waals surface area contributed by atoms with Gasteiger partial charge in [0, 0.05) is 24.2 Å². The van der Waals surface area contributed by atoms with Crippen molar-refractivity contribution < 1.29 is 37.0 Å². The van der Waals surface area contributed by atoms with Gasteiger partial charge in [0.1, 0.15) is 11.9 Å². The fourth-order valence-corrected chi connectivity index (χ4v) is 6.62. The first-order valence-electron chi connectivity index (χ1n) is 15.4. The molecule has 1 aromatic heterocycles. The highest BCUT2D eigenvalue weighted by Crippen LogP contribution is 2.46. The number of alkyl halides is 3. The molecule has 1 aliphatic carbocycles. The van der Waals surface area contributed by atoms with Gasteiger partial charge in [-0.05, 0) is 81.3 Å². The summed E-state index contributed by atoms with van der Waals surface area (Å²) in [6.07, 6.45) is -3.67. The van der Waals surface area contributed by atoms with E-state index in [0.717, 1.165) is 42.8 Å². The highest BCUT2D eigenvalue weighted by atomic mass is 19.4. The number of hydrogen-bond acceptors (Lipinski definition) is 8. The lowest BCUT2D eigenvalue weighted by Gasteiger charge is -2.34. The monoisotopic (exact) mass is 638 g/mol. The lowest BCUT2D eigenvalue weighted by molar-refractivity contribution is -0.148. The van der Waals surface area contributed by atoms with Crippen LogP contribution in [0.15, 0.2) is 36.4 Å². The van der Waals surface area contributed by atoms with E-state index in [0.29, 0.717) is 47.1 Å². The number of carbonyl (C=O) groups is 2. The number of anilines is 1. The third-order valence-corrected chi connectivity index (χ3v) is 9.40. The minimum atomic E-state index is -4.53. The molecule has 2 aliphatic heterocycles. The van der Waals surface area contributed by atoms with Crippen LogP contribution in [0, 0.1) is 19.8 Å². The zero-order valence-electron chi connectivity index (χ0n) is 26.5. The van der Waals surface area contributed by atoms with Gasteiger partial charge in [0.25, 0.3) is 0 Å². The SMILES string of the molecule is COC(=O)C1CC(c2ccc(OC)c(-c3c(C)nc(N4CCC4)nc3CN3C(=O)O[C@H](c4cc(C)cc(C(F)(F)F)c4)[C@@H]3C)c2)C1. The summed E-state index contributed by atoms with van der Waals surface area (Å²) in [5, 5.41) is 0. The minimum Gasteiger partial charge on any atom is -0.496 e. The minimum absolute atomic E-state index is 0.0508. The van der Waals surface area contributed by atoms with E-state index in [2.05, 4.69) is 4.90 Å². The highest BCUT2D eigenvalue weighted by molar-refractivity contribution is 5.78. The van der Waals surface area contributed by atoms with Gasteiger partial charge in [-0.2, -0.15) is 13.2 Å². The molecule has 2 aromatic carbocycles. The second-order valence-electron chi connectivity index (χ2n) is 12.4. The molecule has 46 heavy (non-hydrogen) atoms. The number of aromatic nitrogens is 2. The number of ether oxygens (including phenoxy) is 3. The molecule has 1 saturated carbocycles. The van der Waals surface area contributed by atoms with E-state index in [1.807, 2.05) is 25.1 Å². The van der Waals surface area contributed by atoms with E-state index in [9.17, 15) is 22.8 Å². The molecule has 3 fully saturated rings. The summed E-state index contributed by atoms with van der Waals surface area (Å²) in [5.41, 5.74) is 3.73. The van der Waals surface area contributed by atoms with Crippen molar-refractivity contribution in [1.82, 2.24) is 14.9 Å². The van der Waals surface area contributed by atoms with Gasteiger partial charge in [-0.15, -0.1) is 0 Å². The van der Waals surface area contributed by atoms with Gasteiger partial charge in [0.05, 0.1) is 49.7 Å². The smallest absolute Gasteiger partial charge is 0.416 e. The van der Waals surface area contributed by atoms with Crippen LogP contribution in [-0.2, 0) is 27.0 Å². The number of hydrogen-bond donors (Lipinski definition) is 0. The molecule has 2 saturated heterocycles. The summed E-state index contributed by atoms with van der Waals surface area (Å²) < 4.78 is 57.3. The van der Waals surface area contributed by atoms with Gasteiger partial charge in [0.2, 0.25) is 5.95 Å². The Morgan fingerprint density at radius 2 is 1.78 bits per heavy atom. The van der Waals surface area contributed by atoms with Gasteiger partial charge in [0.15, 0.2) is 0 Å². The van der Waals surface area contributed by atoms with Crippen molar-refractivity contribution in [3.8, 4) is 16.9 Å². The summed E-state index contributed by atoms with van der Waals surface area (Å²) in [4.78, 5) is 38.7. The quantitative estimate of drug-likeness (QED) is 0.250. The summed E-state index contributed by atoms with van der Waals surface area (Å²) in [6.45, 7) is 6.94. The summed E-state index contributed by atoms with van der Waals surface area (Å²) in [6, 6.07) is 9.09. The van der Waals surface area contributed by atoms with Crippen LogP contribution in [0.1, 0.15) is 71.8 Å². The zero-order valence-corrected chi connectivity index (χ0v) is 26.5. The zero-order chi connectivity index (χ0) is 32.9. The molecule has 0 N–H and O–H groups in total. The van der Waals surface area contributed by atoms with E-state index in [-0.39, 0.29) is 29.9 Å². The molecule has 2 atom stereocenters. The number of esters is 1. The second kappa shape index (κ2) is 12.1. The van der Waals surface area contributed by atoms with Crippen molar-refractivity contribution in [2.24, 2.45) is 5.92 Å². The number of aryl methyl sites for hydroxylation is 2. The number of halogens is 3. The lowest BCUT2D eigenvalue weighted by Crippen LogP contribution is -2.39. The van der Waals surface area contributed by atoms with Crippen LogP contribution in [0.4, 0.5) is 23.9 Å². The molecule has 9 nitrogen and oxygen atoms in total. The van der Waals surface area contributed by atoms with E-state index >= 15 is 0 Å². The van der Waals surface area contributed by atoms with Crippen molar-refractivity contribution in [3.63, 3.8) is 0 Å². The molecule has 1 amide bonds. The van der Waals surface area contributed by atoms with Gasteiger partial charge in [-0.1, -0.05) is 17.7 Å². The van der Waals surface area contributed by atoms with Crippen LogP contribution in [0.25, 0.3) is 11.1 Å². The van der Waals surface area contributed by atoms with Gasteiger partial charge in [-0.3, -0.25) is 9.69 Å². The maximum atomic E-state index is 13.6. The fourth-order valence-electron chi connectivity index (χ4n) is 6.62. The van der Waals surface area contributed by atoms with Crippen molar-refractivity contribution in [3.05, 3.63) is 70.0 Å². The van der Waals surface area contributed by atoms with Crippen LogP contribution in [0.3, 0.4) is 0 Å². The Bertz CT molecular complexity index is 1670. The Kier molecular flexibility index (Phi) is 8.32. The normalized spacial score (nSPS) is 22.7. The largest absolute Gasteiger partial charge is 0.496 e. The second-order valence-corrected chi connectivity index (χ2v) is 12.4. The van der Waals surface area contributed by atoms with Crippen molar-refractivity contribution in [1.29, 1.82) is 0 Å². The predicted octanol–water partition coefficient (Wildman–Crippen LogP) is 6.75. The summed E-state index contributed by atoms with van der Waals surface area (Å²) >= 11 is 0. The molecule has 0 radical (unpaired) electrons. The fraction of sp³-hybridized carbons (Fsp3) is 0.471. The van der Waals surface area contributed by atoms with Crippen LogP contribution in [0.5, 0.6) is 5.75 Å². The van der Waals surface area contributed by atoms with E-state index in [1.165, 1.54) is 12.0 Å². The number of nitrogens with zero attached hydrogens (tertiary/aromatic N) is 4. The van der Waals surface area contributed by atoms with Gasteiger partial charge >= 0.3 is 18.2 Å². The topological polar surface area (TPSA) is 94.1 Å². The average Bonchev–Trinajstić information content (AvgIpc) is 3.23. The van der Waals surface area contributed by atoms with Crippen LogP contribution in [-0.4, -0.2) is 60.3 Å². The standard InChI is InChI=1S/C34H37F3N4O5/c1-18-11-23(15-25(12-18)34(35,36)37)30-20(3)41(33(43)46-30)17-27-29(19(2)38-32(39-27)40-9-6-10-40)26-16-21(7-8-28(26)44-4)22-13-24(14-22)31(42)45-5/h7-8,11-12,15-16,20,22,24,30H,6,9-10,13-14,17H2,1-5H3/t20-,22?,24?,30-/m0/s1. The molecule has 6 rings (SSSR count). The molecule has 0 bridgehead atoms. The third kappa shape index (κ3) is 5.85. The molecule has 244 valence electrons. The Morgan fingerprint density at radius 3 is 2.41 bits per heavy atom. The predicted molar refractivity (Wildman–Crippen MR) is 163 cm³/mol. The number of methoxy groups -OCH3 is 2. The molecule has 3 heterocycles. The highest BCUT2D eigenvalue weighted by Gasteiger charge is 2.42. The molecular formula is C34H37F3N4O5. The first kappa shape index (κ1) is 31.6. The Morgan fingerprint density at radius 1 is 1.04 bits per heavy atom. The maximum absolute atomic E-state index is 13.6. The molecule has 0 spiro atoms. The van der Waals surface area contributed by atoms with Crippen molar-refractivity contribution in [2.45, 2.75) is 70.8 Å². The van der Waals surface area contributed by atoms with Crippen LogP contribution in [0.2, 0.25) is 0 Å². The first-order valence-corrected chi connectivity index (χ1v) is 15.4. The van der Waals surface area contributed by atoms with Crippen molar-refractivity contribution in [2.75, 3.05) is 32.2 Å². The molecule has 3 aliphatic rings.